The van der Waals surface area contributed by atoms with Crippen LogP contribution < -0.4 is 14.8 Å². The van der Waals surface area contributed by atoms with E-state index in [-0.39, 0.29) is 17.7 Å². The molecule has 1 N–H and O–H groups in total. The van der Waals surface area contributed by atoms with E-state index in [1.807, 2.05) is 71.6 Å². The molecule has 166 valence electrons. The minimum atomic E-state index is -0.0802. The molecule has 0 bridgehead atoms. The van der Waals surface area contributed by atoms with Crippen LogP contribution in [0.15, 0.2) is 66.7 Å². The molecule has 0 saturated carbocycles. The van der Waals surface area contributed by atoms with Crippen molar-refractivity contribution >= 4 is 22.6 Å². The smallest absolute Gasteiger partial charge is 0.254 e. The number of piperidine rings is 1. The van der Waals surface area contributed by atoms with Gasteiger partial charge in [-0.2, -0.15) is 0 Å². The van der Waals surface area contributed by atoms with Crippen LogP contribution in [0.5, 0.6) is 11.5 Å². The average Bonchev–Trinajstić information content (AvgIpc) is 2.86. The van der Waals surface area contributed by atoms with Crippen molar-refractivity contribution in [2.45, 2.75) is 12.8 Å². The molecule has 0 atom stereocenters. The Balaban J connectivity index is 1.24. The number of likely N-dealkylation sites (tertiary alicyclic amines) is 1. The molecule has 0 spiro atoms. The van der Waals surface area contributed by atoms with E-state index in [9.17, 15) is 9.59 Å². The van der Waals surface area contributed by atoms with Crippen LogP contribution >= 0.6 is 0 Å². The van der Waals surface area contributed by atoms with E-state index in [4.69, 9.17) is 9.47 Å². The summed E-state index contributed by atoms with van der Waals surface area (Å²) in [5.41, 5.74) is 0.723. The Morgan fingerprint density at radius 3 is 2.50 bits per heavy atom. The molecular formula is C26H28N2O4. The van der Waals surface area contributed by atoms with Gasteiger partial charge in [0.15, 0.2) is 0 Å². The third-order valence-electron chi connectivity index (χ3n) is 5.88. The second kappa shape index (κ2) is 10.2. The molecule has 4 rings (SSSR count). The fourth-order valence-electron chi connectivity index (χ4n) is 4.11. The highest BCUT2D eigenvalue weighted by Crippen LogP contribution is 2.24. The van der Waals surface area contributed by atoms with Gasteiger partial charge in [-0.1, -0.05) is 42.5 Å². The number of nitrogens with zero attached hydrogens (tertiary/aromatic N) is 1. The lowest BCUT2D eigenvalue weighted by Crippen LogP contribution is -2.43. The number of benzene rings is 3. The van der Waals surface area contributed by atoms with Gasteiger partial charge in [-0.25, -0.2) is 0 Å². The maximum atomic E-state index is 13.1. The lowest BCUT2D eigenvalue weighted by atomic mass is 9.95. The van der Waals surface area contributed by atoms with Crippen LogP contribution in [0.2, 0.25) is 0 Å². The number of rotatable bonds is 7. The quantitative estimate of drug-likeness (QED) is 0.575. The van der Waals surface area contributed by atoms with Gasteiger partial charge >= 0.3 is 0 Å². The van der Waals surface area contributed by atoms with Crippen molar-refractivity contribution in [2.24, 2.45) is 5.92 Å². The Bertz CT molecular complexity index is 1080. The molecule has 3 aromatic carbocycles. The molecule has 32 heavy (non-hydrogen) atoms. The van der Waals surface area contributed by atoms with Gasteiger partial charge in [0.05, 0.1) is 13.7 Å². The van der Waals surface area contributed by atoms with Crippen molar-refractivity contribution < 1.29 is 19.1 Å². The molecule has 0 radical (unpaired) electrons. The molecule has 1 saturated heterocycles. The first-order valence-corrected chi connectivity index (χ1v) is 11.0. The second-order valence-electron chi connectivity index (χ2n) is 7.91. The van der Waals surface area contributed by atoms with Crippen LogP contribution in [-0.4, -0.2) is 50.1 Å². The van der Waals surface area contributed by atoms with E-state index in [2.05, 4.69) is 5.32 Å². The van der Waals surface area contributed by atoms with Crippen LogP contribution in [0.1, 0.15) is 23.2 Å². The number of hydrogen-bond acceptors (Lipinski definition) is 4. The van der Waals surface area contributed by atoms with Gasteiger partial charge in [-0.3, -0.25) is 9.59 Å². The van der Waals surface area contributed by atoms with E-state index < -0.39 is 0 Å². The molecule has 3 aromatic rings. The van der Waals surface area contributed by atoms with Crippen molar-refractivity contribution in [2.75, 3.05) is 33.4 Å². The summed E-state index contributed by atoms with van der Waals surface area (Å²) in [6.07, 6.45) is 1.33. The lowest BCUT2D eigenvalue weighted by Gasteiger charge is -2.31. The topological polar surface area (TPSA) is 67.9 Å². The van der Waals surface area contributed by atoms with Gasteiger partial charge in [0.1, 0.15) is 18.1 Å². The van der Waals surface area contributed by atoms with Gasteiger partial charge < -0.3 is 19.7 Å². The van der Waals surface area contributed by atoms with Gasteiger partial charge in [0.2, 0.25) is 5.91 Å². The standard InChI is InChI=1S/C26H28N2O4/c1-31-21-8-5-9-22(18-21)32-17-14-27-25(29)20-12-15-28(16-13-20)26(30)24-11-4-7-19-6-2-3-10-23(19)24/h2-11,18,20H,12-17H2,1H3,(H,27,29). The second-order valence-corrected chi connectivity index (χ2v) is 7.91. The molecule has 1 heterocycles. The average molecular weight is 433 g/mol. The molecular weight excluding hydrogens is 404 g/mol. The molecule has 6 nitrogen and oxygen atoms in total. The summed E-state index contributed by atoms with van der Waals surface area (Å²) < 4.78 is 10.8. The number of ether oxygens (including phenoxy) is 2. The Morgan fingerprint density at radius 2 is 1.69 bits per heavy atom. The highest BCUT2D eigenvalue weighted by Gasteiger charge is 2.28. The van der Waals surface area contributed by atoms with E-state index in [1.54, 1.807) is 7.11 Å². The first-order chi connectivity index (χ1) is 15.7. The van der Waals surface area contributed by atoms with Crippen LogP contribution in [-0.2, 0) is 4.79 Å². The first kappa shape index (κ1) is 21.7. The third kappa shape index (κ3) is 5.02. The molecule has 0 unspecified atom stereocenters. The van der Waals surface area contributed by atoms with Crippen molar-refractivity contribution in [3.05, 3.63) is 72.3 Å². The van der Waals surface area contributed by atoms with E-state index in [0.29, 0.717) is 44.8 Å². The normalized spacial score (nSPS) is 14.2. The van der Waals surface area contributed by atoms with Crippen molar-refractivity contribution in [3.8, 4) is 11.5 Å². The zero-order chi connectivity index (χ0) is 22.3. The van der Waals surface area contributed by atoms with Gasteiger partial charge in [-0.05, 0) is 41.8 Å². The fraction of sp³-hybridized carbons (Fsp3) is 0.308. The fourth-order valence-corrected chi connectivity index (χ4v) is 4.11. The number of nitrogens with one attached hydrogen (secondary N) is 1. The summed E-state index contributed by atoms with van der Waals surface area (Å²) in [5, 5.41) is 4.98. The number of amides is 2. The summed E-state index contributed by atoms with van der Waals surface area (Å²) in [5.74, 6) is 1.42. The molecule has 1 fully saturated rings. The number of methoxy groups -OCH3 is 1. The summed E-state index contributed by atoms with van der Waals surface area (Å²) in [4.78, 5) is 27.5. The Morgan fingerprint density at radius 1 is 0.969 bits per heavy atom. The van der Waals surface area contributed by atoms with Crippen molar-refractivity contribution in [3.63, 3.8) is 0 Å². The zero-order valence-corrected chi connectivity index (χ0v) is 18.3. The molecule has 2 amide bonds. The largest absolute Gasteiger partial charge is 0.497 e. The Hall–Kier alpha value is -3.54. The minimum absolute atomic E-state index is 0.0245. The number of carbonyl (C=O) groups excluding carboxylic acids is 2. The monoisotopic (exact) mass is 432 g/mol. The maximum Gasteiger partial charge on any atom is 0.254 e. The van der Waals surface area contributed by atoms with Gasteiger partial charge in [0.25, 0.3) is 5.91 Å². The van der Waals surface area contributed by atoms with Gasteiger partial charge in [-0.15, -0.1) is 0 Å². The number of hydrogen-bond donors (Lipinski definition) is 1. The Labute approximate surface area is 188 Å². The number of carbonyl (C=O) groups is 2. The van der Waals surface area contributed by atoms with Gasteiger partial charge in [0, 0.05) is 30.6 Å². The number of fused-ring (bicyclic) bond motifs is 1. The van der Waals surface area contributed by atoms with Crippen molar-refractivity contribution in [1.82, 2.24) is 10.2 Å². The highest BCUT2D eigenvalue weighted by molar-refractivity contribution is 6.07. The lowest BCUT2D eigenvalue weighted by molar-refractivity contribution is -0.126. The van der Waals surface area contributed by atoms with E-state index >= 15 is 0 Å². The summed E-state index contributed by atoms with van der Waals surface area (Å²) >= 11 is 0. The maximum absolute atomic E-state index is 13.1. The van der Waals surface area contributed by atoms with Crippen LogP contribution in [0.3, 0.4) is 0 Å². The van der Waals surface area contributed by atoms with Crippen molar-refractivity contribution in [1.29, 1.82) is 0 Å². The van der Waals surface area contributed by atoms with Crippen LogP contribution in [0.4, 0.5) is 0 Å². The predicted octanol–water partition coefficient (Wildman–Crippen LogP) is 3.90. The first-order valence-electron chi connectivity index (χ1n) is 11.0. The summed E-state index contributed by atoms with van der Waals surface area (Å²) in [6.45, 7) is 1.99. The minimum Gasteiger partial charge on any atom is -0.497 e. The zero-order valence-electron chi connectivity index (χ0n) is 18.3. The van der Waals surface area contributed by atoms with Crippen LogP contribution in [0, 0.1) is 5.92 Å². The molecule has 0 aromatic heterocycles. The molecule has 1 aliphatic rings. The molecule has 6 heteroatoms. The summed E-state index contributed by atoms with van der Waals surface area (Å²) in [7, 11) is 1.61. The SMILES string of the molecule is COc1cccc(OCCNC(=O)C2CCN(C(=O)c3cccc4ccccc34)CC2)c1. The third-order valence-corrected chi connectivity index (χ3v) is 5.88. The Kier molecular flexibility index (Phi) is 6.90. The van der Waals surface area contributed by atoms with Crippen LogP contribution in [0.25, 0.3) is 10.8 Å². The van der Waals surface area contributed by atoms with E-state index in [0.717, 1.165) is 22.1 Å². The highest BCUT2D eigenvalue weighted by atomic mass is 16.5. The summed E-state index contributed by atoms with van der Waals surface area (Å²) in [6, 6.07) is 21.1. The molecule has 1 aliphatic heterocycles. The predicted molar refractivity (Wildman–Crippen MR) is 124 cm³/mol. The molecule has 0 aliphatic carbocycles. The van der Waals surface area contributed by atoms with E-state index in [1.165, 1.54) is 0 Å².